The van der Waals surface area contributed by atoms with Gasteiger partial charge in [0.25, 0.3) is 11.6 Å². The molecule has 0 aliphatic carbocycles. The van der Waals surface area contributed by atoms with E-state index in [0.29, 0.717) is 47.9 Å². The Labute approximate surface area is 206 Å². The van der Waals surface area contributed by atoms with Gasteiger partial charge in [0, 0.05) is 50.3 Å². The second kappa shape index (κ2) is 10.2. The quantitative estimate of drug-likeness (QED) is 0.403. The van der Waals surface area contributed by atoms with Crippen molar-refractivity contribution in [2.45, 2.75) is 26.7 Å². The smallest absolute Gasteiger partial charge is 0.293 e. The van der Waals surface area contributed by atoms with Crippen molar-refractivity contribution in [3.8, 4) is 10.6 Å². The highest BCUT2D eigenvalue weighted by Crippen LogP contribution is 2.31. The number of nitrogens with zero attached hydrogens (tertiary/aromatic N) is 5. The highest BCUT2D eigenvalue weighted by Gasteiger charge is 2.26. The minimum atomic E-state index is -0.501. The summed E-state index contributed by atoms with van der Waals surface area (Å²) in [4.78, 5) is 39.2. The third-order valence-corrected chi connectivity index (χ3v) is 6.86. The summed E-state index contributed by atoms with van der Waals surface area (Å²) in [5.41, 5.74) is 2.55. The molecule has 2 amide bonds. The minimum Gasteiger partial charge on any atom is -0.362 e. The lowest BCUT2D eigenvalue weighted by Gasteiger charge is -2.35. The highest BCUT2D eigenvalue weighted by atomic mass is 32.1. The molecule has 35 heavy (non-hydrogen) atoms. The van der Waals surface area contributed by atoms with Gasteiger partial charge in [-0.05, 0) is 23.6 Å². The van der Waals surface area contributed by atoms with Crippen molar-refractivity contribution < 1.29 is 14.5 Å². The van der Waals surface area contributed by atoms with Crippen molar-refractivity contribution in [1.82, 2.24) is 15.1 Å². The second-order valence-corrected chi connectivity index (χ2v) is 9.57. The SMILES string of the molecule is CC(=O)N1CCN(c2ccc(C(=O)Nc3nnc(-c4ccc(C(C)C)cc4)s3)cc2[N+](=O)[O-])CC1. The van der Waals surface area contributed by atoms with E-state index in [0.717, 1.165) is 5.56 Å². The standard InChI is InChI=1S/C24H26N6O4S/c1-15(2)17-4-6-18(7-5-17)23-26-27-24(35-23)25-22(32)19-8-9-20(21(14-19)30(33)34)29-12-10-28(11-13-29)16(3)31/h4-9,14-15H,10-13H2,1-3H3,(H,25,27,32). The van der Waals surface area contributed by atoms with E-state index >= 15 is 0 Å². The molecule has 1 saturated heterocycles. The molecule has 2 aromatic carbocycles. The van der Waals surface area contributed by atoms with E-state index in [2.05, 4.69) is 29.4 Å². The third-order valence-electron chi connectivity index (χ3n) is 5.97. The number of carbonyl (C=O) groups excluding carboxylic acids is 2. The van der Waals surface area contributed by atoms with Crippen molar-refractivity contribution in [3.05, 3.63) is 63.7 Å². The molecule has 4 rings (SSSR count). The molecule has 0 atom stereocenters. The van der Waals surface area contributed by atoms with E-state index in [1.165, 1.54) is 29.9 Å². The average Bonchev–Trinajstić information content (AvgIpc) is 3.32. The maximum Gasteiger partial charge on any atom is 0.293 e. The molecule has 0 spiro atoms. The van der Waals surface area contributed by atoms with Crippen molar-refractivity contribution in [2.75, 3.05) is 36.4 Å². The Hall–Kier alpha value is -3.86. The van der Waals surface area contributed by atoms with Gasteiger partial charge in [0.15, 0.2) is 0 Å². The van der Waals surface area contributed by atoms with E-state index in [1.54, 1.807) is 17.0 Å². The summed E-state index contributed by atoms with van der Waals surface area (Å²) >= 11 is 1.23. The molecule has 11 heteroatoms. The normalized spacial score (nSPS) is 13.7. The lowest BCUT2D eigenvalue weighted by Crippen LogP contribution is -2.48. The highest BCUT2D eigenvalue weighted by molar-refractivity contribution is 7.18. The van der Waals surface area contributed by atoms with Crippen LogP contribution >= 0.6 is 11.3 Å². The largest absolute Gasteiger partial charge is 0.362 e. The molecular formula is C24H26N6O4S. The van der Waals surface area contributed by atoms with Gasteiger partial charge in [-0.1, -0.05) is 49.4 Å². The Morgan fingerprint density at radius 2 is 1.74 bits per heavy atom. The molecule has 1 aliphatic heterocycles. The first kappa shape index (κ1) is 24.3. The predicted molar refractivity (Wildman–Crippen MR) is 135 cm³/mol. The van der Waals surface area contributed by atoms with Gasteiger partial charge in [-0.25, -0.2) is 0 Å². The molecule has 2 heterocycles. The number of nitro groups is 1. The summed E-state index contributed by atoms with van der Waals surface area (Å²) < 4.78 is 0. The van der Waals surface area contributed by atoms with Crippen LogP contribution in [0.25, 0.3) is 10.6 Å². The fraction of sp³-hybridized carbons (Fsp3) is 0.333. The van der Waals surface area contributed by atoms with Crippen molar-refractivity contribution in [3.63, 3.8) is 0 Å². The van der Waals surface area contributed by atoms with Crippen LogP contribution in [0.3, 0.4) is 0 Å². The van der Waals surface area contributed by atoms with Crippen LogP contribution in [-0.4, -0.2) is 58.0 Å². The lowest BCUT2D eigenvalue weighted by molar-refractivity contribution is -0.384. The summed E-state index contributed by atoms with van der Waals surface area (Å²) in [6, 6.07) is 12.4. The van der Waals surface area contributed by atoms with Crippen LogP contribution in [0, 0.1) is 10.1 Å². The van der Waals surface area contributed by atoms with Crippen LogP contribution < -0.4 is 10.2 Å². The molecule has 0 saturated carbocycles. The van der Waals surface area contributed by atoms with Crippen LogP contribution in [0.4, 0.5) is 16.5 Å². The summed E-state index contributed by atoms with van der Waals surface area (Å²) in [5.74, 6) is -0.0913. The molecule has 1 N–H and O–H groups in total. The van der Waals surface area contributed by atoms with Gasteiger partial charge >= 0.3 is 0 Å². The number of aromatic nitrogens is 2. The van der Waals surface area contributed by atoms with Gasteiger partial charge in [-0.3, -0.25) is 25.0 Å². The summed E-state index contributed by atoms with van der Waals surface area (Å²) in [6.45, 7) is 7.71. The monoisotopic (exact) mass is 494 g/mol. The number of hydrogen-bond acceptors (Lipinski definition) is 8. The molecule has 10 nitrogen and oxygen atoms in total. The number of hydrogen-bond donors (Lipinski definition) is 1. The van der Waals surface area contributed by atoms with Gasteiger partial charge in [-0.15, -0.1) is 10.2 Å². The molecule has 1 aliphatic rings. The summed E-state index contributed by atoms with van der Waals surface area (Å²) in [7, 11) is 0. The third kappa shape index (κ3) is 5.46. The van der Waals surface area contributed by atoms with Crippen LogP contribution in [0.15, 0.2) is 42.5 Å². The molecular weight excluding hydrogens is 468 g/mol. The van der Waals surface area contributed by atoms with Gasteiger partial charge in [0.1, 0.15) is 10.7 Å². The van der Waals surface area contributed by atoms with Crippen molar-refractivity contribution >= 4 is 39.7 Å². The topological polar surface area (TPSA) is 122 Å². The zero-order valence-electron chi connectivity index (χ0n) is 19.7. The van der Waals surface area contributed by atoms with Gasteiger partial charge < -0.3 is 9.80 Å². The molecule has 0 bridgehead atoms. The molecule has 3 aromatic rings. The first-order valence-corrected chi connectivity index (χ1v) is 12.1. The van der Waals surface area contributed by atoms with E-state index in [9.17, 15) is 19.7 Å². The predicted octanol–water partition coefficient (Wildman–Crippen LogP) is 4.16. The Morgan fingerprint density at radius 3 is 2.34 bits per heavy atom. The number of rotatable bonds is 6. The number of benzene rings is 2. The number of nitrogens with one attached hydrogen (secondary N) is 1. The maximum atomic E-state index is 12.8. The Morgan fingerprint density at radius 1 is 1.06 bits per heavy atom. The average molecular weight is 495 g/mol. The van der Waals surface area contributed by atoms with Crippen LogP contribution in [0.2, 0.25) is 0 Å². The maximum absolute atomic E-state index is 12.8. The summed E-state index contributed by atoms with van der Waals surface area (Å²) in [6.07, 6.45) is 0. The Bertz CT molecular complexity index is 1250. The number of nitro benzene ring substituents is 1. The summed E-state index contributed by atoms with van der Waals surface area (Å²) in [5, 5.41) is 23.6. The van der Waals surface area contributed by atoms with Crippen molar-refractivity contribution in [2.24, 2.45) is 0 Å². The molecule has 1 aromatic heterocycles. The number of carbonyl (C=O) groups is 2. The van der Waals surface area contributed by atoms with Gasteiger partial charge in [0.05, 0.1) is 4.92 Å². The first-order valence-electron chi connectivity index (χ1n) is 11.3. The van der Waals surface area contributed by atoms with Crippen molar-refractivity contribution in [1.29, 1.82) is 0 Å². The van der Waals surface area contributed by atoms with Crippen LogP contribution in [0.1, 0.15) is 42.6 Å². The minimum absolute atomic E-state index is 0.0152. The second-order valence-electron chi connectivity index (χ2n) is 8.60. The lowest BCUT2D eigenvalue weighted by atomic mass is 10.0. The fourth-order valence-electron chi connectivity index (χ4n) is 3.91. The van der Waals surface area contributed by atoms with E-state index in [-0.39, 0.29) is 17.2 Å². The van der Waals surface area contributed by atoms with E-state index in [1.807, 2.05) is 29.2 Å². The Kier molecular flexibility index (Phi) is 7.06. The zero-order valence-corrected chi connectivity index (χ0v) is 20.5. The van der Waals surface area contributed by atoms with Crippen LogP contribution in [0.5, 0.6) is 0 Å². The number of amides is 2. The molecule has 182 valence electrons. The Balaban J connectivity index is 1.48. The van der Waals surface area contributed by atoms with Crippen LogP contribution in [-0.2, 0) is 4.79 Å². The fourth-order valence-corrected chi connectivity index (χ4v) is 4.65. The van der Waals surface area contributed by atoms with E-state index in [4.69, 9.17) is 0 Å². The van der Waals surface area contributed by atoms with Gasteiger partial charge in [0.2, 0.25) is 11.0 Å². The molecule has 0 radical (unpaired) electrons. The first-order chi connectivity index (χ1) is 16.7. The van der Waals surface area contributed by atoms with Gasteiger partial charge in [-0.2, -0.15) is 0 Å². The number of piperazine rings is 1. The molecule has 1 fully saturated rings. The number of anilines is 2. The molecule has 0 unspecified atom stereocenters. The van der Waals surface area contributed by atoms with E-state index < -0.39 is 10.8 Å². The zero-order chi connectivity index (χ0) is 25.1.